The molecule has 27 heavy (non-hydrogen) atoms. The van der Waals surface area contributed by atoms with Gasteiger partial charge in [-0.25, -0.2) is 4.99 Å². The van der Waals surface area contributed by atoms with Crippen molar-refractivity contribution >= 4 is 40.3 Å². The molecule has 3 nitrogen and oxygen atoms in total. The van der Waals surface area contributed by atoms with E-state index in [9.17, 15) is 4.79 Å². The van der Waals surface area contributed by atoms with Gasteiger partial charge in [0.1, 0.15) is 0 Å². The lowest BCUT2D eigenvalue weighted by Crippen LogP contribution is -2.28. The molecule has 132 valence electrons. The van der Waals surface area contributed by atoms with Gasteiger partial charge in [-0.3, -0.25) is 9.69 Å². The number of rotatable bonds is 3. The van der Waals surface area contributed by atoms with E-state index in [1.165, 1.54) is 17.3 Å². The van der Waals surface area contributed by atoms with Gasteiger partial charge in [0.2, 0.25) is 0 Å². The number of carbonyl (C=O) groups excluding carboxylic acids is 1. The number of amidine groups is 1. The van der Waals surface area contributed by atoms with Gasteiger partial charge in [-0.2, -0.15) is 0 Å². The average Bonchev–Trinajstić information content (AvgIpc) is 3.00. The van der Waals surface area contributed by atoms with Crippen LogP contribution in [0.3, 0.4) is 0 Å². The zero-order valence-electron chi connectivity index (χ0n) is 14.9. The number of aryl methyl sites for hydroxylation is 1. The first-order valence-corrected chi connectivity index (χ1v) is 9.52. The summed E-state index contributed by atoms with van der Waals surface area (Å²) in [6, 6.07) is 27.5. The first-order chi connectivity index (χ1) is 13.2. The van der Waals surface area contributed by atoms with Gasteiger partial charge in [0.05, 0.1) is 16.3 Å². The predicted molar refractivity (Wildman–Crippen MR) is 114 cm³/mol. The molecule has 4 rings (SSSR count). The molecule has 0 N–H and O–H groups in total. The molecule has 0 bridgehead atoms. The molecule has 0 aliphatic carbocycles. The van der Waals surface area contributed by atoms with Gasteiger partial charge in [0, 0.05) is 0 Å². The van der Waals surface area contributed by atoms with Crippen LogP contribution in [-0.2, 0) is 4.79 Å². The number of hydrogen-bond donors (Lipinski definition) is 0. The van der Waals surface area contributed by atoms with Gasteiger partial charge >= 0.3 is 0 Å². The molecule has 1 heterocycles. The zero-order chi connectivity index (χ0) is 18.6. The van der Waals surface area contributed by atoms with E-state index in [0.717, 1.165) is 16.9 Å². The number of para-hydroxylation sites is 2. The second kappa shape index (κ2) is 7.64. The molecule has 0 aromatic heterocycles. The van der Waals surface area contributed by atoms with E-state index >= 15 is 0 Å². The Morgan fingerprint density at radius 1 is 0.852 bits per heavy atom. The molecule has 0 saturated carbocycles. The summed E-state index contributed by atoms with van der Waals surface area (Å²) in [6.45, 7) is 2.05. The summed E-state index contributed by atoms with van der Waals surface area (Å²) in [5.41, 5.74) is 3.84. The summed E-state index contributed by atoms with van der Waals surface area (Å²) in [5, 5.41) is 0.663. The number of thioether (sulfide) groups is 1. The van der Waals surface area contributed by atoms with Crippen LogP contribution in [0, 0.1) is 6.92 Å². The highest BCUT2D eigenvalue weighted by atomic mass is 32.2. The average molecular weight is 370 g/mol. The molecule has 0 atom stereocenters. The Morgan fingerprint density at radius 2 is 1.48 bits per heavy atom. The van der Waals surface area contributed by atoms with E-state index < -0.39 is 0 Å². The summed E-state index contributed by atoms with van der Waals surface area (Å²) in [4.78, 5) is 20.2. The molecule has 3 aromatic carbocycles. The predicted octanol–water partition coefficient (Wildman–Crippen LogP) is 5.80. The summed E-state index contributed by atoms with van der Waals surface area (Å²) in [6.07, 6.45) is 1.93. The SMILES string of the molecule is Cc1ccc(/C=C2/SC(=Nc3ccccc3)N(c3ccccc3)C2=O)cc1. The van der Waals surface area contributed by atoms with Crippen LogP contribution in [0.2, 0.25) is 0 Å². The van der Waals surface area contributed by atoms with Gasteiger partial charge in [0.25, 0.3) is 5.91 Å². The van der Waals surface area contributed by atoms with Gasteiger partial charge in [0.15, 0.2) is 5.17 Å². The van der Waals surface area contributed by atoms with Crippen LogP contribution < -0.4 is 4.90 Å². The number of aliphatic imine (C=N–C) groups is 1. The lowest BCUT2D eigenvalue weighted by Gasteiger charge is -2.15. The molecular weight excluding hydrogens is 352 g/mol. The van der Waals surface area contributed by atoms with Crippen molar-refractivity contribution in [2.45, 2.75) is 6.92 Å². The van der Waals surface area contributed by atoms with Gasteiger partial charge in [-0.1, -0.05) is 66.2 Å². The second-order valence-electron chi connectivity index (χ2n) is 6.23. The van der Waals surface area contributed by atoms with E-state index in [2.05, 4.69) is 0 Å². The fourth-order valence-electron chi connectivity index (χ4n) is 2.78. The van der Waals surface area contributed by atoms with Crippen molar-refractivity contribution in [3.63, 3.8) is 0 Å². The number of amides is 1. The van der Waals surface area contributed by atoms with E-state index in [4.69, 9.17) is 4.99 Å². The van der Waals surface area contributed by atoms with Crippen LogP contribution in [-0.4, -0.2) is 11.1 Å². The quantitative estimate of drug-likeness (QED) is 0.546. The number of carbonyl (C=O) groups is 1. The van der Waals surface area contributed by atoms with Crippen molar-refractivity contribution in [1.82, 2.24) is 0 Å². The maximum absolute atomic E-state index is 13.1. The zero-order valence-corrected chi connectivity index (χ0v) is 15.7. The van der Waals surface area contributed by atoms with Crippen LogP contribution in [0.4, 0.5) is 11.4 Å². The third kappa shape index (κ3) is 3.86. The summed E-state index contributed by atoms with van der Waals surface area (Å²) in [5.74, 6) is -0.0542. The summed E-state index contributed by atoms with van der Waals surface area (Å²) < 4.78 is 0. The minimum atomic E-state index is -0.0542. The molecule has 1 fully saturated rings. The topological polar surface area (TPSA) is 32.7 Å². The fraction of sp³-hybridized carbons (Fsp3) is 0.0435. The molecular formula is C23H18N2OS. The highest BCUT2D eigenvalue weighted by Crippen LogP contribution is 2.37. The molecule has 4 heteroatoms. The molecule has 3 aromatic rings. The van der Waals surface area contributed by atoms with Crippen LogP contribution in [0.25, 0.3) is 6.08 Å². The Labute approximate surface area is 163 Å². The highest BCUT2D eigenvalue weighted by Gasteiger charge is 2.34. The normalized spacial score (nSPS) is 17.1. The Morgan fingerprint density at radius 3 is 2.15 bits per heavy atom. The lowest BCUT2D eigenvalue weighted by atomic mass is 10.1. The Balaban J connectivity index is 1.76. The van der Waals surface area contributed by atoms with Gasteiger partial charge in [-0.05, 0) is 54.6 Å². The maximum atomic E-state index is 13.1. The van der Waals surface area contributed by atoms with Crippen molar-refractivity contribution in [2.24, 2.45) is 4.99 Å². The first kappa shape index (κ1) is 17.3. The van der Waals surface area contributed by atoms with Crippen molar-refractivity contribution in [2.75, 3.05) is 4.90 Å². The highest BCUT2D eigenvalue weighted by molar-refractivity contribution is 8.19. The Hall–Kier alpha value is -3.11. The molecule has 1 amide bonds. The van der Waals surface area contributed by atoms with Gasteiger partial charge < -0.3 is 0 Å². The molecule has 1 aliphatic heterocycles. The third-order valence-corrected chi connectivity index (χ3v) is 5.15. The Bertz CT molecular complexity index is 1010. The molecule has 0 radical (unpaired) electrons. The fourth-order valence-corrected chi connectivity index (χ4v) is 3.78. The Kier molecular flexibility index (Phi) is 4.90. The minimum absolute atomic E-state index is 0.0542. The van der Waals surface area contributed by atoms with Crippen molar-refractivity contribution in [3.05, 3.63) is 101 Å². The van der Waals surface area contributed by atoms with Crippen molar-refractivity contribution < 1.29 is 4.79 Å². The van der Waals surface area contributed by atoms with Crippen molar-refractivity contribution in [3.8, 4) is 0 Å². The largest absolute Gasteiger partial charge is 0.271 e. The second-order valence-corrected chi connectivity index (χ2v) is 7.24. The number of benzene rings is 3. The number of hydrogen-bond acceptors (Lipinski definition) is 3. The van der Waals surface area contributed by atoms with E-state index in [-0.39, 0.29) is 5.91 Å². The third-order valence-electron chi connectivity index (χ3n) is 4.18. The minimum Gasteiger partial charge on any atom is -0.268 e. The lowest BCUT2D eigenvalue weighted by molar-refractivity contribution is -0.113. The molecule has 0 unspecified atom stereocenters. The van der Waals surface area contributed by atoms with Crippen molar-refractivity contribution in [1.29, 1.82) is 0 Å². The molecule has 1 aliphatic rings. The molecule has 1 saturated heterocycles. The molecule has 0 spiro atoms. The van der Waals surface area contributed by atoms with Crippen LogP contribution in [0.15, 0.2) is 94.8 Å². The van der Waals surface area contributed by atoms with Crippen LogP contribution in [0.1, 0.15) is 11.1 Å². The van der Waals surface area contributed by atoms with E-state index in [0.29, 0.717) is 10.1 Å². The summed E-state index contributed by atoms with van der Waals surface area (Å²) in [7, 11) is 0. The van der Waals surface area contributed by atoms with E-state index in [1.54, 1.807) is 4.90 Å². The van der Waals surface area contributed by atoms with Gasteiger partial charge in [-0.15, -0.1) is 0 Å². The first-order valence-electron chi connectivity index (χ1n) is 8.70. The maximum Gasteiger partial charge on any atom is 0.271 e. The van der Waals surface area contributed by atoms with E-state index in [1.807, 2.05) is 97.9 Å². The number of anilines is 1. The summed E-state index contributed by atoms with van der Waals surface area (Å²) >= 11 is 1.40. The smallest absolute Gasteiger partial charge is 0.268 e. The standard InChI is InChI=1S/C23H18N2OS/c1-17-12-14-18(15-13-17)16-21-22(26)25(20-10-6-3-7-11-20)23(27-21)24-19-8-4-2-5-9-19/h2-16H,1H3/b21-16+,24-23?. The van der Waals surface area contributed by atoms with Crippen LogP contribution >= 0.6 is 11.8 Å². The van der Waals surface area contributed by atoms with Crippen LogP contribution in [0.5, 0.6) is 0 Å². The number of nitrogens with zero attached hydrogens (tertiary/aromatic N) is 2. The monoisotopic (exact) mass is 370 g/mol.